The Morgan fingerprint density at radius 2 is 1.93 bits per heavy atom. The monoisotopic (exact) mass is 210 g/mol. The first-order valence-electron chi connectivity index (χ1n) is 4.18. The van der Waals surface area contributed by atoms with Crippen LogP contribution in [0.2, 0.25) is 0 Å². The number of rotatable bonds is 3. The topological polar surface area (TPSA) is 57.5 Å². The molecule has 0 fully saturated rings. The minimum atomic E-state index is -1.43. The van der Waals surface area contributed by atoms with E-state index in [2.05, 4.69) is 0 Å². The van der Waals surface area contributed by atoms with Gasteiger partial charge in [0.1, 0.15) is 0 Å². The van der Waals surface area contributed by atoms with Crippen LogP contribution in [0.1, 0.15) is 12.5 Å². The second kappa shape index (κ2) is 5.19. The summed E-state index contributed by atoms with van der Waals surface area (Å²) in [6.07, 6.45) is 0. The van der Waals surface area contributed by atoms with Crippen molar-refractivity contribution in [2.45, 2.75) is 12.7 Å². The summed E-state index contributed by atoms with van der Waals surface area (Å²) < 4.78 is 0. The van der Waals surface area contributed by atoms with Gasteiger partial charge in [-0.05, 0) is 11.0 Å². The maximum atomic E-state index is 10.7. The first-order chi connectivity index (χ1) is 6.59. The highest BCUT2D eigenvalue weighted by Gasteiger charge is 2.09. The van der Waals surface area contributed by atoms with Crippen LogP contribution >= 0.6 is 11.8 Å². The lowest BCUT2D eigenvalue weighted by atomic mass is 9.80. The third kappa shape index (κ3) is 3.53. The molecule has 0 saturated carbocycles. The molecule has 0 heterocycles. The van der Waals surface area contributed by atoms with Gasteiger partial charge in [-0.2, -0.15) is 0 Å². The molecule has 1 aromatic rings. The molecule has 0 aliphatic carbocycles. The molecule has 0 bridgehead atoms. The van der Waals surface area contributed by atoms with Crippen LogP contribution in [0.15, 0.2) is 24.3 Å². The zero-order valence-corrected chi connectivity index (χ0v) is 8.62. The van der Waals surface area contributed by atoms with Gasteiger partial charge in [-0.1, -0.05) is 36.0 Å². The van der Waals surface area contributed by atoms with Crippen molar-refractivity contribution in [3.8, 4) is 0 Å². The van der Waals surface area contributed by atoms with Gasteiger partial charge in [0.2, 0.25) is 0 Å². The van der Waals surface area contributed by atoms with Crippen molar-refractivity contribution in [2.24, 2.45) is 0 Å². The van der Waals surface area contributed by atoms with Crippen molar-refractivity contribution in [3.63, 3.8) is 0 Å². The normalized spacial score (nSPS) is 9.93. The molecule has 1 rings (SSSR count). The molecule has 3 nitrogen and oxygen atoms in total. The Morgan fingerprint density at radius 3 is 2.36 bits per heavy atom. The molecule has 14 heavy (non-hydrogen) atoms. The van der Waals surface area contributed by atoms with E-state index < -0.39 is 7.12 Å². The van der Waals surface area contributed by atoms with Crippen LogP contribution in [-0.2, 0) is 10.5 Å². The zero-order valence-electron chi connectivity index (χ0n) is 7.80. The van der Waals surface area contributed by atoms with Gasteiger partial charge in [0, 0.05) is 12.7 Å². The second-order valence-electron chi connectivity index (χ2n) is 2.90. The van der Waals surface area contributed by atoms with Gasteiger partial charge in [0.25, 0.3) is 0 Å². The molecule has 2 N–H and O–H groups in total. The predicted octanol–water partition coefficient (Wildman–Crippen LogP) is 0.146. The third-order valence-corrected chi connectivity index (χ3v) is 2.60. The first-order valence-corrected chi connectivity index (χ1v) is 5.16. The molecule has 74 valence electrons. The van der Waals surface area contributed by atoms with Gasteiger partial charge in [-0.25, -0.2) is 0 Å². The van der Waals surface area contributed by atoms with E-state index in [1.54, 1.807) is 24.3 Å². The summed E-state index contributed by atoms with van der Waals surface area (Å²) in [7, 11) is -1.43. The minimum absolute atomic E-state index is 0.0799. The summed E-state index contributed by atoms with van der Waals surface area (Å²) in [5, 5.41) is 17.7. The van der Waals surface area contributed by atoms with Crippen LogP contribution in [-0.4, -0.2) is 22.3 Å². The fourth-order valence-corrected chi connectivity index (χ4v) is 1.53. The molecule has 0 spiro atoms. The second-order valence-corrected chi connectivity index (χ2v) is 4.05. The highest BCUT2D eigenvalue weighted by atomic mass is 32.2. The Bertz CT molecular complexity index is 310. The summed E-state index contributed by atoms with van der Waals surface area (Å²) in [4.78, 5) is 10.7. The van der Waals surface area contributed by atoms with E-state index in [-0.39, 0.29) is 5.12 Å². The van der Waals surface area contributed by atoms with Crippen molar-refractivity contribution in [3.05, 3.63) is 29.8 Å². The Morgan fingerprint density at radius 1 is 1.36 bits per heavy atom. The summed E-state index contributed by atoms with van der Waals surface area (Å²) in [5.41, 5.74) is 1.45. The molecule has 0 aliphatic rings. The van der Waals surface area contributed by atoms with Crippen molar-refractivity contribution < 1.29 is 14.8 Å². The summed E-state index contributed by atoms with van der Waals surface area (Å²) in [6.45, 7) is 1.52. The molecular formula is C9H11BO3S. The van der Waals surface area contributed by atoms with Gasteiger partial charge in [0.05, 0.1) is 0 Å². The van der Waals surface area contributed by atoms with Gasteiger partial charge in [0.15, 0.2) is 5.12 Å². The Kier molecular flexibility index (Phi) is 4.19. The summed E-state index contributed by atoms with van der Waals surface area (Å²) in [6, 6.07) is 6.84. The van der Waals surface area contributed by atoms with E-state index in [1.807, 2.05) is 0 Å². The number of thioether (sulfide) groups is 1. The molecular weight excluding hydrogens is 199 g/mol. The van der Waals surface area contributed by atoms with Crippen LogP contribution < -0.4 is 5.46 Å². The van der Waals surface area contributed by atoms with Gasteiger partial charge in [-0.3, -0.25) is 4.79 Å². The number of hydrogen-bond acceptors (Lipinski definition) is 4. The molecule has 0 aromatic heterocycles. The van der Waals surface area contributed by atoms with Crippen molar-refractivity contribution in [1.82, 2.24) is 0 Å². The average Bonchev–Trinajstić information content (AvgIpc) is 2.15. The Balaban J connectivity index is 2.59. The summed E-state index contributed by atoms with van der Waals surface area (Å²) >= 11 is 1.23. The Labute approximate surface area is 87.3 Å². The number of hydrogen-bond donors (Lipinski definition) is 2. The fourth-order valence-electron chi connectivity index (χ4n) is 0.971. The molecule has 0 saturated heterocycles. The smallest absolute Gasteiger partial charge is 0.423 e. The van der Waals surface area contributed by atoms with Gasteiger partial charge >= 0.3 is 7.12 Å². The molecule has 0 aliphatic heterocycles. The van der Waals surface area contributed by atoms with Crippen LogP contribution in [0.25, 0.3) is 0 Å². The zero-order chi connectivity index (χ0) is 10.6. The molecule has 0 amide bonds. The number of carbonyl (C=O) groups is 1. The van der Waals surface area contributed by atoms with E-state index >= 15 is 0 Å². The number of benzene rings is 1. The largest absolute Gasteiger partial charge is 0.488 e. The van der Waals surface area contributed by atoms with Crippen LogP contribution in [0.3, 0.4) is 0 Å². The van der Waals surface area contributed by atoms with Crippen molar-refractivity contribution in [1.29, 1.82) is 0 Å². The van der Waals surface area contributed by atoms with Crippen LogP contribution in [0.4, 0.5) is 0 Å². The quantitative estimate of drug-likeness (QED) is 0.697. The van der Waals surface area contributed by atoms with E-state index in [1.165, 1.54) is 18.7 Å². The van der Waals surface area contributed by atoms with Crippen molar-refractivity contribution in [2.75, 3.05) is 0 Å². The molecule has 1 aromatic carbocycles. The first kappa shape index (κ1) is 11.3. The molecule has 0 radical (unpaired) electrons. The summed E-state index contributed by atoms with van der Waals surface area (Å²) in [5.74, 6) is 0.622. The third-order valence-electron chi connectivity index (χ3n) is 1.72. The minimum Gasteiger partial charge on any atom is -0.423 e. The predicted molar refractivity (Wildman–Crippen MR) is 58.2 cm³/mol. The Hall–Kier alpha value is -0.775. The van der Waals surface area contributed by atoms with Gasteiger partial charge in [-0.15, -0.1) is 0 Å². The average molecular weight is 210 g/mol. The fraction of sp³-hybridized carbons (Fsp3) is 0.222. The highest BCUT2D eigenvalue weighted by molar-refractivity contribution is 8.12. The van der Waals surface area contributed by atoms with Crippen molar-refractivity contribution >= 4 is 29.5 Å². The lowest BCUT2D eigenvalue weighted by Gasteiger charge is -2.01. The van der Waals surface area contributed by atoms with Gasteiger partial charge < -0.3 is 10.0 Å². The molecule has 5 heteroatoms. The van der Waals surface area contributed by atoms with E-state index in [0.29, 0.717) is 11.2 Å². The van der Waals surface area contributed by atoms with E-state index in [9.17, 15) is 4.79 Å². The SMILES string of the molecule is CC(=O)SCc1ccc(B(O)O)cc1. The van der Waals surface area contributed by atoms with Crippen LogP contribution in [0.5, 0.6) is 0 Å². The lowest BCUT2D eigenvalue weighted by molar-refractivity contribution is -0.109. The maximum absolute atomic E-state index is 10.7. The maximum Gasteiger partial charge on any atom is 0.488 e. The van der Waals surface area contributed by atoms with E-state index in [4.69, 9.17) is 10.0 Å². The standard InChI is InChI=1S/C9H11BO3S/c1-7(11)14-6-8-2-4-9(5-3-8)10(12)13/h2-5,12-13H,6H2,1H3. The lowest BCUT2D eigenvalue weighted by Crippen LogP contribution is -2.29. The molecule has 0 unspecified atom stereocenters. The number of carbonyl (C=O) groups excluding carboxylic acids is 1. The molecule has 0 atom stereocenters. The van der Waals surface area contributed by atoms with E-state index in [0.717, 1.165) is 5.56 Å². The van der Waals surface area contributed by atoms with Crippen LogP contribution in [0, 0.1) is 0 Å². The highest BCUT2D eigenvalue weighted by Crippen LogP contribution is 2.11.